The maximum atomic E-state index is 11.2. The summed E-state index contributed by atoms with van der Waals surface area (Å²) in [6.07, 6.45) is 0.830. The van der Waals surface area contributed by atoms with Gasteiger partial charge in [-0.1, -0.05) is 12.8 Å². The van der Waals surface area contributed by atoms with Crippen LogP contribution < -0.4 is 5.73 Å². The molecule has 16 heavy (non-hydrogen) atoms. The maximum Gasteiger partial charge on any atom is 0.371 e. The molecule has 96 valence electrons. The van der Waals surface area contributed by atoms with Crippen molar-refractivity contribution in [3.8, 4) is 0 Å². The minimum Gasteiger partial charge on any atom is -0.366 e. The molecule has 0 amide bonds. The van der Waals surface area contributed by atoms with Crippen molar-refractivity contribution >= 4 is 15.2 Å². The maximum absolute atomic E-state index is 11.2. The van der Waals surface area contributed by atoms with Crippen LogP contribution >= 0.6 is 15.2 Å². The number of hydrogen-bond acceptors (Lipinski definition) is 4. The molecule has 1 aliphatic rings. The molecule has 0 saturated heterocycles. The SMILES string of the molecule is NC1(C(O)(P(=O)(O)O)P(=O)(O)O)CCCC1. The van der Waals surface area contributed by atoms with Crippen molar-refractivity contribution in [2.24, 2.45) is 5.73 Å². The largest absolute Gasteiger partial charge is 0.371 e. The molecule has 0 unspecified atom stereocenters. The molecular formula is C6H15NO7P2. The zero-order chi connectivity index (χ0) is 12.8. The lowest BCUT2D eigenvalue weighted by atomic mass is 10.0. The molecular weight excluding hydrogens is 260 g/mol. The Hall–Kier alpha value is 0.220. The second kappa shape index (κ2) is 3.86. The van der Waals surface area contributed by atoms with Gasteiger partial charge in [0.25, 0.3) is 5.08 Å². The number of hydrogen-bond donors (Lipinski definition) is 6. The third-order valence-corrected chi connectivity index (χ3v) is 7.05. The third kappa shape index (κ3) is 1.89. The normalized spacial score (nSPS) is 22.4. The van der Waals surface area contributed by atoms with Gasteiger partial charge >= 0.3 is 15.2 Å². The van der Waals surface area contributed by atoms with E-state index in [9.17, 15) is 14.2 Å². The Morgan fingerprint density at radius 2 is 1.31 bits per heavy atom. The number of aliphatic hydroxyl groups is 1. The Kier molecular flexibility index (Phi) is 3.45. The molecule has 1 aliphatic carbocycles. The van der Waals surface area contributed by atoms with Gasteiger partial charge in [-0.05, 0) is 12.8 Å². The molecule has 0 bridgehead atoms. The van der Waals surface area contributed by atoms with Crippen molar-refractivity contribution in [2.45, 2.75) is 36.3 Å². The monoisotopic (exact) mass is 275 g/mol. The lowest BCUT2D eigenvalue weighted by Crippen LogP contribution is -2.58. The van der Waals surface area contributed by atoms with Crippen molar-refractivity contribution in [1.29, 1.82) is 0 Å². The van der Waals surface area contributed by atoms with Crippen molar-refractivity contribution in [1.82, 2.24) is 0 Å². The van der Waals surface area contributed by atoms with E-state index < -0.39 is 25.8 Å². The summed E-state index contributed by atoms with van der Waals surface area (Å²) in [5.74, 6) is 0. The first-order valence-corrected chi connectivity index (χ1v) is 7.81. The fraction of sp³-hybridized carbons (Fsp3) is 1.00. The van der Waals surface area contributed by atoms with Crippen LogP contribution in [-0.2, 0) is 9.13 Å². The van der Waals surface area contributed by atoms with Crippen LogP contribution in [0, 0.1) is 0 Å². The predicted octanol–water partition coefficient (Wildman–Crippen LogP) is -0.741. The van der Waals surface area contributed by atoms with E-state index in [-0.39, 0.29) is 12.8 Å². The molecule has 0 aliphatic heterocycles. The van der Waals surface area contributed by atoms with Gasteiger partial charge in [0.1, 0.15) is 0 Å². The first kappa shape index (κ1) is 14.3. The molecule has 0 aromatic carbocycles. The second-order valence-corrected chi connectivity index (χ2v) is 7.91. The lowest BCUT2D eigenvalue weighted by Gasteiger charge is -2.41. The summed E-state index contributed by atoms with van der Waals surface area (Å²) in [6.45, 7) is 0. The minimum absolute atomic E-state index is 0.0419. The molecule has 8 nitrogen and oxygen atoms in total. The summed E-state index contributed by atoms with van der Waals surface area (Å²) < 4.78 is 22.3. The summed E-state index contributed by atoms with van der Waals surface area (Å²) in [7, 11) is -10.9. The Balaban J connectivity index is 3.38. The second-order valence-electron chi connectivity index (χ2n) is 4.09. The third-order valence-electron chi connectivity index (χ3n) is 2.98. The minimum atomic E-state index is -5.46. The quantitative estimate of drug-likeness (QED) is 0.367. The number of rotatable bonds is 3. The van der Waals surface area contributed by atoms with Crippen molar-refractivity contribution in [3.05, 3.63) is 0 Å². The highest BCUT2D eigenvalue weighted by molar-refractivity contribution is 7.72. The highest BCUT2D eigenvalue weighted by atomic mass is 31.2. The van der Waals surface area contributed by atoms with E-state index in [2.05, 4.69) is 0 Å². The van der Waals surface area contributed by atoms with Gasteiger partial charge < -0.3 is 30.4 Å². The average Bonchev–Trinajstić information content (AvgIpc) is 2.47. The Morgan fingerprint density at radius 1 is 1.00 bits per heavy atom. The summed E-state index contributed by atoms with van der Waals surface area (Å²) in [5, 5.41) is 6.30. The zero-order valence-electron chi connectivity index (χ0n) is 8.35. The van der Waals surface area contributed by atoms with Gasteiger partial charge in [-0.15, -0.1) is 0 Å². The summed E-state index contributed by atoms with van der Waals surface area (Å²) in [5.41, 5.74) is 3.62. The van der Waals surface area contributed by atoms with Crippen molar-refractivity contribution in [2.75, 3.05) is 0 Å². The predicted molar refractivity (Wildman–Crippen MR) is 54.4 cm³/mol. The standard InChI is InChI=1S/C6H15NO7P2/c7-5(3-1-2-4-5)6(8,15(9,10)11)16(12,13)14/h8H,1-4,7H2,(H2,9,10,11)(H2,12,13,14). The summed E-state index contributed by atoms with van der Waals surface area (Å²) >= 11 is 0. The van der Waals surface area contributed by atoms with Gasteiger partial charge in [0, 0.05) is 0 Å². The summed E-state index contributed by atoms with van der Waals surface area (Å²) in [6, 6.07) is 0. The van der Waals surface area contributed by atoms with Gasteiger partial charge in [-0.2, -0.15) is 0 Å². The van der Waals surface area contributed by atoms with E-state index in [1.54, 1.807) is 0 Å². The van der Waals surface area contributed by atoms with E-state index in [1.165, 1.54) is 0 Å². The molecule has 0 aromatic heterocycles. The van der Waals surface area contributed by atoms with E-state index in [0.29, 0.717) is 12.8 Å². The lowest BCUT2D eigenvalue weighted by molar-refractivity contribution is 0.0621. The van der Waals surface area contributed by atoms with Crippen LogP contribution in [-0.4, -0.2) is 35.3 Å². The van der Waals surface area contributed by atoms with E-state index in [0.717, 1.165) is 0 Å². The van der Waals surface area contributed by atoms with Gasteiger partial charge in [0.05, 0.1) is 5.54 Å². The van der Waals surface area contributed by atoms with E-state index in [4.69, 9.17) is 25.3 Å². The molecule has 0 aromatic rings. The fourth-order valence-electron chi connectivity index (χ4n) is 2.09. The Bertz CT molecular complexity index is 343. The first-order chi connectivity index (χ1) is 6.96. The molecule has 1 rings (SSSR count). The first-order valence-electron chi connectivity index (χ1n) is 4.58. The summed E-state index contributed by atoms with van der Waals surface area (Å²) in [4.78, 5) is 35.9. The fourth-order valence-corrected chi connectivity index (χ4v) is 5.06. The Morgan fingerprint density at radius 3 is 1.56 bits per heavy atom. The smallest absolute Gasteiger partial charge is 0.366 e. The van der Waals surface area contributed by atoms with Crippen LogP contribution in [0.1, 0.15) is 25.7 Å². The van der Waals surface area contributed by atoms with Gasteiger partial charge in [0.15, 0.2) is 0 Å². The molecule has 0 atom stereocenters. The zero-order valence-corrected chi connectivity index (χ0v) is 10.1. The topological polar surface area (TPSA) is 161 Å². The Labute approximate surface area is 91.8 Å². The molecule has 10 heteroatoms. The highest BCUT2D eigenvalue weighted by Gasteiger charge is 2.70. The van der Waals surface area contributed by atoms with Gasteiger partial charge in [-0.25, -0.2) is 0 Å². The van der Waals surface area contributed by atoms with Crippen LogP contribution in [0.15, 0.2) is 0 Å². The van der Waals surface area contributed by atoms with E-state index >= 15 is 0 Å². The van der Waals surface area contributed by atoms with Crippen LogP contribution in [0.5, 0.6) is 0 Å². The average molecular weight is 275 g/mol. The van der Waals surface area contributed by atoms with Crippen molar-refractivity contribution < 1.29 is 33.8 Å². The molecule has 0 heterocycles. The van der Waals surface area contributed by atoms with Crippen LogP contribution in [0.4, 0.5) is 0 Å². The molecule has 1 fully saturated rings. The van der Waals surface area contributed by atoms with Crippen LogP contribution in [0.25, 0.3) is 0 Å². The van der Waals surface area contributed by atoms with Gasteiger partial charge in [-0.3, -0.25) is 9.13 Å². The highest BCUT2D eigenvalue weighted by Crippen LogP contribution is 2.72. The number of nitrogens with two attached hydrogens (primary N) is 1. The van der Waals surface area contributed by atoms with Crippen LogP contribution in [0.3, 0.4) is 0 Å². The van der Waals surface area contributed by atoms with Crippen LogP contribution in [0.2, 0.25) is 0 Å². The molecule has 1 saturated carbocycles. The molecule has 0 spiro atoms. The van der Waals surface area contributed by atoms with E-state index in [1.807, 2.05) is 0 Å². The molecule has 0 radical (unpaired) electrons. The van der Waals surface area contributed by atoms with Gasteiger partial charge in [0.2, 0.25) is 0 Å². The van der Waals surface area contributed by atoms with Crippen molar-refractivity contribution in [3.63, 3.8) is 0 Å². The molecule has 7 N–H and O–H groups in total.